The van der Waals surface area contributed by atoms with Crippen LogP contribution in [0.1, 0.15) is 4.88 Å². The Morgan fingerprint density at radius 2 is 1.96 bits per heavy atom. The van der Waals surface area contributed by atoms with Gasteiger partial charge in [0.25, 0.3) is 0 Å². The quantitative estimate of drug-likeness (QED) is 0.367. The number of para-hydroxylation sites is 1. The van der Waals surface area contributed by atoms with E-state index >= 15 is 0 Å². The van der Waals surface area contributed by atoms with Crippen LogP contribution in [0.4, 0.5) is 5.82 Å². The summed E-state index contributed by atoms with van der Waals surface area (Å²) in [6, 6.07) is 16.4. The monoisotopic (exact) mass is 339 g/mol. The minimum Gasteiger partial charge on any atom is -0.368 e. The lowest BCUT2D eigenvalue weighted by Gasteiger charge is -2.12. The molecule has 3 N–H and O–H groups in total. The third-order valence-electron chi connectivity index (χ3n) is 3.56. The number of anilines is 1. The van der Waals surface area contributed by atoms with Gasteiger partial charge >= 0.3 is 0 Å². The summed E-state index contributed by atoms with van der Waals surface area (Å²) in [5, 5.41) is 13.2. The molecule has 2 heterocycles. The zero-order valence-electron chi connectivity index (χ0n) is 13.6. The highest BCUT2D eigenvalue weighted by molar-refractivity contribution is 7.09. The summed E-state index contributed by atoms with van der Waals surface area (Å²) >= 11 is 1.74. The number of pyridine rings is 1. The number of thiophene rings is 1. The van der Waals surface area contributed by atoms with Crippen LogP contribution in [0, 0.1) is 0 Å². The average Bonchev–Trinajstić information content (AvgIpc) is 3.14. The van der Waals surface area contributed by atoms with Gasteiger partial charge in [0.1, 0.15) is 5.82 Å². The number of hydrogen-bond acceptors (Lipinski definition) is 4. The number of fused-ring (bicyclic) bond motifs is 1. The molecule has 3 aromatic rings. The molecule has 0 atom stereocenters. The molecule has 0 fully saturated rings. The van der Waals surface area contributed by atoms with Crippen LogP contribution >= 0.6 is 11.3 Å². The number of nitrogens with zero attached hydrogens (tertiary/aromatic N) is 2. The highest BCUT2D eigenvalue weighted by atomic mass is 32.1. The van der Waals surface area contributed by atoms with Crippen LogP contribution in [0.25, 0.3) is 10.9 Å². The summed E-state index contributed by atoms with van der Waals surface area (Å²) in [5.74, 6) is 1.69. The van der Waals surface area contributed by atoms with Gasteiger partial charge in [-0.05, 0) is 29.6 Å². The minimum atomic E-state index is 0.763. The van der Waals surface area contributed by atoms with Crippen LogP contribution in [-0.2, 0) is 6.54 Å². The average molecular weight is 339 g/mol. The van der Waals surface area contributed by atoms with Crippen molar-refractivity contribution in [2.75, 3.05) is 25.5 Å². The Balaban J connectivity index is 1.43. The molecule has 0 aliphatic heterocycles. The minimum absolute atomic E-state index is 0.763. The first-order valence-electron chi connectivity index (χ1n) is 7.92. The molecule has 0 aliphatic carbocycles. The first-order valence-corrected chi connectivity index (χ1v) is 8.80. The third kappa shape index (κ3) is 4.45. The Morgan fingerprint density at radius 1 is 1.04 bits per heavy atom. The number of benzene rings is 1. The van der Waals surface area contributed by atoms with E-state index < -0.39 is 0 Å². The second-order valence-electron chi connectivity index (χ2n) is 5.25. The lowest BCUT2D eigenvalue weighted by atomic mass is 10.2. The maximum absolute atomic E-state index is 4.60. The van der Waals surface area contributed by atoms with E-state index in [4.69, 9.17) is 0 Å². The summed E-state index contributed by atoms with van der Waals surface area (Å²) in [6.45, 7) is 2.32. The zero-order valence-corrected chi connectivity index (χ0v) is 14.4. The fraction of sp³-hybridized carbons (Fsp3) is 0.222. The highest BCUT2D eigenvalue weighted by Crippen LogP contribution is 2.14. The van der Waals surface area contributed by atoms with Crippen LogP contribution < -0.4 is 16.0 Å². The van der Waals surface area contributed by atoms with Gasteiger partial charge in [-0.2, -0.15) is 0 Å². The number of nitrogens with one attached hydrogen (secondary N) is 3. The predicted octanol–water partition coefficient (Wildman–Crippen LogP) is 3.07. The molecule has 0 saturated carbocycles. The number of guanidine groups is 1. The summed E-state index contributed by atoms with van der Waals surface area (Å²) in [7, 11) is 1.78. The Hall–Kier alpha value is -2.60. The summed E-state index contributed by atoms with van der Waals surface area (Å²) in [5.41, 5.74) is 1.00. The van der Waals surface area contributed by atoms with Gasteiger partial charge in [-0.25, -0.2) is 4.98 Å². The molecule has 5 nitrogen and oxygen atoms in total. The van der Waals surface area contributed by atoms with E-state index in [1.54, 1.807) is 18.4 Å². The number of aromatic nitrogens is 1. The van der Waals surface area contributed by atoms with Gasteiger partial charge in [0.05, 0.1) is 12.1 Å². The lowest BCUT2D eigenvalue weighted by molar-refractivity contribution is 0.818. The number of aliphatic imine (C=N–C) groups is 1. The van der Waals surface area contributed by atoms with E-state index in [0.29, 0.717) is 0 Å². The van der Waals surface area contributed by atoms with Crippen molar-refractivity contribution < 1.29 is 0 Å². The first kappa shape index (κ1) is 16.3. The topological polar surface area (TPSA) is 61.3 Å². The van der Waals surface area contributed by atoms with Crippen molar-refractivity contribution >= 4 is 34.0 Å². The van der Waals surface area contributed by atoms with Crippen LogP contribution in [-0.4, -0.2) is 31.1 Å². The molecule has 6 heteroatoms. The van der Waals surface area contributed by atoms with E-state index in [0.717, 1.165) is 42.3 Å². The molecule has 0 radical (unpaired) electrons. The second kappa shape index (κ2) is 8.31. The second-order valence-corrected chi connectivity index (χ2v) is 6.28. The normalized spacial score (nSPS) is 11.5. The Labute approximate surface area is 145 Å². The fourth-order valence-electron chi connectivity index (χ4n) is 2.34. The van der Waals surface area contributed by atoms with Crippen molar-refractivity contribution in [3.63, 3.8) is 0 Å². The molecule has 0 unspecified atom stereocenters. The molecule has 0 aliphatic rings. The van der Waals surface area contributed by atoms with Crippen molar-refractivity contribution in [2.24, 2.45) is 4.99 Å². The van der Waals surface area contributed by atoms with Gasteiger partial charge in [-0.3, -0.25) is 4.99 Å². The summed E-state index contributed by atoms with van der Waals surface area (Å²) in [4.78, 5) is 10.1. The SMILES string of the molecule is CN=C(NCCNc1ccc2ccccc2n1)NCc1cccs1. The Bertz CT molecular complexity index is 798. The van der Waals surface area contributed by atoms with Crippen LogP contribution in [0.3, 0.4) is 0 Å². The van der Waals surface area contributed by atoms with Crippen molar-refractivity contribution in [3.05, 3.63) is 58.8 Å². The third-order valence-corrected chi connectivity index (χ3v) is 4.43. The smallest absolute Gasteiger partial charge is 0.191 e. The summed E-state index contributed by atoms with van der Waals surface area (Å²) in [6.07, 6.45) is 0. The van der Waals surface area contributed by atoms with Crippen LogP contribution in [0.5, 0.6) is 0 Å². The molecule has 0 amide bonds. The molecule has 0 bridgehead atoms. The predicted molar refractivity (Wildman–Crippen MR) is 103 cm³/mol. The largest absolute Gasteiger partial charge is 0.368 e. The van der Waals surface area contributed by atoms with Gasteiger partial charge in [0.15, 0.2) is 5.96 Å². The standard InChI is InChI=1S/C18H21N5S/c1-19-18(22-13-15-6-4-12-24-15)21-11-10-20-17-9-8-14-5-2-3-7-16(14)23-17/h2-9,12H,10-11,13H2,1H3,(H,20,23)(H2,19,21,22). The maximum atomic E-state index is 4.60. The van der Waals surface area contributed by atoms with Crippen LogP contribution in [0.2, 0.25) is 0 Å². The fourth-order valence-corrected chi connectivity index (χ4v) is 2.99. The molecule has 2 aromatic heterocycles. The number of rotatable bonds is 6. The van der Waals surface area contributed by atoms with Gasteiger partial charge in [0.2, 0.25) is 0 Å². The highest BCUT2D eigenvalue weighted by Gasteiger charge is 2.00. The van der Waals surface area contributed by atoms with E-state index in [-0.39, 0.29) is 0 Å². The molecule has 0 spiro atoms. The number of hydrogen-bond donors (Lipinski definition) is 3. The molecule has 24 heavy (non-hydrogen) atoms. The Morgan fingerprint density at radius 3 is 2.79 bits per heavy atom. The lowest BCUT2D eigenvalue weighted by Crippen LogP contribution is -2.39. The van der Waals surface area contributed by atoms with Crippen molar-refractivity contribution in [1.29, 1.82) is 0 Å². The first-order chi connectivity index (χ1) is 11.8. The molecule has 124 valence electrons. The maximum Gasteiger partial charge on any atom is 0.191 e. The van der Waals surface area contributed by atoms with Gasteiger partial charge in [0, 0.05) is 30.4 Å². The van der Waals surface area contributed by atoms with Gasteiger partial charge < -0.3 is 16.0 Å². The van der Waals surface area contributed by atoms with E-state index in [2.05, 4.69) is 55.6 Å². The Kier molecular flexibility index (Phi) is 5.63. The summed E-state index contributed by atoms with van der Waals surface area (Å²) < 4.78 is 0. The van der Waals surface area contributed by atoms with E-state index in [1.807, 2.05) is 24.3 Å². The van der Waals surface area contributed by atoms with Crippen molar-refractivity contribution in [3.8, 4) is 0 Å². The molecule has 1 aromatic carbocycles. The van der Waals surface area contributed by atoms with Gasteiger partial charge in [-0.1, -0.05) is 24.3 Å². The van der Waals surface area contributed by atoms with E-state index in [1.165, 1.54) is 4.88 Å². The van der Waals surface area contributed by atoms with Crippen molar-refractivity contribution in [2.45, 2.75) is 6.54 Å². The zero-order chi connectivity index (χ0) is 16.6. The van der Waals surface area contributed by atoms with Gasteiger partial charge in [-0.15, -0.1) is 11.3 Å². The molecule has 0 saturated heterocycles. The van der Waals surface area contributed by atoms with E-state index in [9.17, 15) is 0 Å². The van der Waals surface area contributed by atoms with Crippen LogP contribution in [0.15, 0.2) is 58.9 Å². The molecular formula is C18H21N5S. The molecule has 3 rings (SSSR count). The van der Waals surface area contributed by atoms with Crippen molar-refractivity contribution in [1.82, 2.24) is 15.6 Å². The molecular weight excluding hydrogens is 318 g/mol.